The summed E-state index contributed by atoms with van der Waals surface area (Å²) in [6.45, 7) is 6.13. The molecule has 1 saturated heterocycles. The Labute approximate surface area is 131 Å². The highest BCUT2D eigenvalue weighted by Gasteiger charge is 2.36. The minimum absolute atomic E-state index is 0.0250. The molecule has 1 amide bonds. The van der Waals surface area contributed by atoms with Gasteiger partial charge in [0.2, 0.25) is 5.91 Å². The van der Waals surface area contributed by atoms with Gasteiger partial charge in [-0.1, -0.05) is 0 Å². The number of hydrogen-bond acceptors (Lipinski definition) is 3. The molecule has 2 rings (SSSR count). The number of halogens is 1. The van der Waals surface area contributed by atoms with Gasteiger partial charge >= 0.3 is 0 Å². The number of ether oxygens (including phenoxy) is 1. The molecule has 1 fully saturated rings. The summed E-state index contributed by atoms with van der Waals surface area (Å²) in [6, 6.07) is 6.07. The van der Waals surface area contributed by atoms with E-state index in [4.69, 9.17) is 4.74 Å². The summed E-state index contributed by atoms with van der Waals surface area (Å²) in [5.74, 6) is 0.846. The average molecular weight is 308 g/mol. The predicted octanol–water partition coefficient (Wildman–Crippen LogP) is 2.49. The van der Waals surface area contributed by atoms with E-state index in [9.17, 15) is 9.18 Å². The summed E-state index contributed by atoms with van der Waals surface area (Å²) in [5.41, 5.74) is -0.146. The highest BCUT2D eigenvalue weighted by atomic mass is 19.1. The second-order valence-corrected chi connectivity index (χ2v) is 6.19. The lowest BCUT2D eigenvalue weighted by Gasteiger charge is -2.42. The molecule has 1 heterocycles. The topological polar surface area (TPSA) is 50.4 Å². The fourth-order valence-electron chi connectivity index (χ4n) is 3.09. The number of carbonyl (C=O) groups is 1. The number of rotatable bonds is 6. The van der Waals surface area contributed by atoms with Gasteiger partial charge in [0, 0.05) is 19.0 Å². The van der Waals surface area contributed by atoms with E-state index in [0.29, 0.717) is 18.3 Å². The number of carbonyl (C=O) groups excluding carboxylic acids is 1. The molecule has 0 aliphatic carbocycles. The Bertz CT molecular complexity index is 492. The lowest BCUT2D eigenvalue weighted by atomic mass is 9.77. The standard InChI is InChI=1S/C17H25FN2O2/c1-13(21)20-17(2)9-10-19-12-14(17)4-3-11-22-16-7-5-15(18)6-8-16/h5-8,14,19H,3-4,9-12H2,1-2H3,(H,20,21). The van der Waals surface area contributed by atoms with E-state index in [1.54, 1.807) is 19.1 Å². The molecule has 122 valence electrons. The molecule has 2 unspecified atom stereocenters. The Kier molecular flexibility index (Phi) is 5.77. The van der Waals surface area contributed by atoms with E-state index >= 15 is 0 Å². The monoisotopic (exact) mass is 308 g/mol. The number of nitrogens with one attached hydrogen (secondary N) is 2. The molecule has 0 radical (unpaired) electrons. The van der Waals surface area contributed by atoms with Gasteiger partial charge in [-0.25, -0.2) is 4.39 Å². The van der Waals surface area contributed by atoms with Crippen molar-refractivity contribution in [3.05, 3.63) is 30.1 Å². The molecule has 1 aromatic carbocycles. The zero-order valence-electron chi connectivity index (χ0n) is 13.3. The number of amides is 1. The third-order valence-electron chi connectivity index (χ3n) is 4.35. The molecule has 1 aliphatic rings. The van der Waals surface area contributed by atoms with Crippen LogP contribution in [0.4, 0.5) is 4.39 Å². The van der Waals surface area contributed by atoms with Crippen LogP contribution in [0, 0.1) is 11.7 Å². The van der Waals surface area contributed by atoms with Gasteiger partial charge in [0.1, 0.15) is 11.6 Å². The molecule has 2 atom stereocenters. The summed E-state index contributed by atoms with van der Waals surface area (Å²) >= 11 is 0. The Morgan fingerprint density at radius 3 is 2.86 bits per heavy atom. The van der Waals surface area contributed by atoms with Crippen LogP contribution in [0.1, 0.15) is 33.1 Å². The van der Waals surface area contributed by atoms with Crippen LogP contribution < -0.4 is 15.4 Å². The first-order valence-corrected chi connectivity index (χ1v) is 7.87. The fourth-order valence-corrected chi connectivity index (χ4v) is 3.09. The Morgan fingerprint density at radius 1 is 1.45 bits per heavy atom. The summed E-state index contributed by atoms with van der Waals surface area (Å²) in [6.07, 6.45) is 2.82. The summed E-state index contributed by atoms with van der Waals surface area (Å²) in [5, 5.41) is 6.51. The Morgan fingerprint density at radius 2 is 2.18 bits per heavy atom. The normalized spacial score (nSPS) is 24.8. The highest BCUT2D eigenvalue weighted by molar-refractivity contribution is 5.73. The molecule has 1 aromatic rings. The second-order valence-electron chi connectivity index (χ2n) is 6.19. The molecule has 1 aliphatic heterocycles. The lowest BCUT2D eigenvalue weighted by Crippen LogP contribution is -2.58. The molecule has 0 bridgehead atoms. The SMILES string of the molecule is CC(=O)NC1(C)CCNCC1CCCOc1ccc(F)cc1. The third-order valence-corrected chi connectivity index (χ3v) is 4.35. The van der Waals surface area contributed by atoms with E-state index in [1.165, 1.54) is 12.1 Å². The Balaban J connectivity index is 1.79. The Hall–Kier alpha value is -1.62. The van der Waals surface area contributed by atoms with Crippen molar-refractivity contribution in [1.82, 2.24) is 10.6 Å². The maximum atomic E-state index is 12.8. The summed E-state index contributed by atoms with van der Waals surface area (Å²) in [7, 11) is 0. The van der Waals surface area contributed by atoms with Crippen molar-refractivity contribution in [2.75, 3.05) is 19.7 Å². The molecule has 0 aromatic heterocycles. The maximum Gasteiger partial charge on any atom is 0.217 e. The number of piperidine rings is 1. The maximum absolute atomic E-state index is 12.8. The van der Waals surface area contributed by atoms with E-state index in [0.717, 1.165) is 32.4 Å². The molecule has 22 heavy (non-hydrogen) atoms. The van der Waals surface area contributed by atoms with Gasteiger partial charge in [-0.2, -0.15) is 0 Å². The number of hydrogen-bond donors (Lipinski definition) is 2. The lowest BCUT2D eigenvalue weighted by molar-refractivity contribution is -0.121. The fraction of sp³-hybridized carbons (Fsp3) is 0.588. The van der Waals surface area contributed by atoms with Gasteiger partial charge in [0.05, 0.1) is 6.61 Å². The first kappa shape index (κ1) is 16.7. The van der Waals surface area contributed by atoms with Crippen molar-refractivity contribution in [1.29, 1.82) is 0 Å². The third kappa shape index (κ3) is 4.70. The zero-order chi connectivity index (χ0) is 16.0. The average Bonchev–Trinajstić information content (AvgIpc) is 2.46. The molecular weight excluding hydrogens is 283 g/mol. The molecule has 5 heteroatoms. The van der Waals surface area contributed by atoms with E-state index in [2.05, 4.69) is 17.6 Å². The minimum atomic E-state index is -0.258. The molecule has 2 N–H and O–H groups in total. The van der Waals surface area contributed by atoms with Crippen LogP contribution in [-0.4, -0.2) is 31.1 Å². The zero-order valence-corrected chi connectivity index (χ0v) is 13.3. The van der Waals surface area contributed by atoms with Crippen molar-refractivity contribution in [3.8, 4) is 5.75 Å². The quantitative estimate of drug-likeness (QED) is 0.794. The molecular formula is C17H25FN2O2. The van der Waals surface area contributed by atoms with E-state index in [-0.39, 0.29) is 17.3 Å². The number of benzene rings is 1. The molecule has 0 saturated carbocycles. The molecule has 4 nitrogen and oxygen atoms in total. The van der Waals surface area contributed by atoms with Gasteiger partial charge < -0.3 is 15.4 Å². The van der Waals surface area contributed by atoms with Gasteiger partial charge in [-0.3, -0.25) is 4.79 Å². The minimum Gasteiger partial charge on any atom is -0.494 e. The van der Waals surface area contributed by atoms with Crippen LogP contribution in [0.5, 0.6) is 5.75 Å². The van der Waals surface area contributed by atoms with E-state index < -0.39 is 0 Å². The van der Waals surface area contributed by atoms with E-state index in [1.807, 2.05) is 0 Å². The van der Waals surface area contributed by atoms with Crippen LogP contribution in [0.15, 0.2) is 24.3 Å². The smallest absolute Gasteiger partial charge is 0.217 e. The van der Waals surface area contributed by atoms with Gasteiger partial charge in [-0.05, 0) is 62.9 Å². The van der Waals surface area contributed by atoms with Crippen LogP contribution in [0.2, 0.25) is 0 Å². The predicted molar refractivity (Wildman–Crippen MR) is 84.3 cm³/mol. The van der Waals surface area contributed by atoms with Gasteiger partial charge in [0.15, 0.2) is 0 Å². The van der Waals surface area contributed by atoms with Crippen molar-refractivity contribution in [2.24, 2.45) is 5.92 Å². The van der Waals surface area contributed by atoms with Crippen molar-refractivity contribution in [3.63, 3.8) is 0 Å². The van der Waals surface area contributed by atoms with Crippen molar-refractivity contribution in [2.45, 2.75) is 38.6 Å². The summed E-state index contributed by atoms with van der Waals surface area (Å²) in [4.78, 5) is 11.4. The van der Waals surface area contributed by atoms with Crippen LogP contribution in [-0.2, 0) is 4.79 Å². The first-order valence-electron chi connectivity index (χ1n) is 7.87. The molecule has 0 spiro atoms. The van der Waals surface area contributed by atoms with Crippen LogP contribution in [0.3, 0.4) is 0 Å². The van der Waals surface area contributed by atoms with Crippen molar-refractivity contribution < 1.29 is 13.9 Å². The van der Waals surface area contributed by atoms with Gasteiger partial charge in [0.25, 0.3) is 0 Å². The summed E-state index contributed by atoms with van der Waals surface area (Å²) < 4.78 is 18.4. The highest BCUT2D eigenvalue weighted by Crippen LogP contribution is 2.28. The second kappa shape index (κ2) is 7.58. The largest absolute Gasteiger partial charge is 0.494 e. The van der Waals surface area contributed by atoms with Crippen LogP contribution in [0.25, 0.3) is 0 Å². The first-order chi connectivity index (χ1) is 10.5. The van der Waals surface area contributed by atoms with Gasteiger partial charge in [-0.15, -0.1) is 0 Å². The van der Waals surface area contributed by atoms with Crippen molar-refractivity contribution >= 4 is 5.91 Å². The van der Waals surface area contributed by atoms with Crippen LogP contribution >= 0.6 is 0 Å².